The van der Waals surface area contributed by atoms with Crippen molar-refractivity contribution in [1.29, 1.82) is 0 Å². The molecular formula is C29H23N3O3. The minimum Gasteiger partial charge on any atom is -0.355 e. The van der Waals surface area contributed by atoms with E-state index in [9.17, 15) is 14.4 Å². The van der Waals surface area contributed by atoms with Crippen LogP contribution in [0.5, 0.6) is 0 Å². The Morgan fingerprint density at radius 3 is 2.11 bits per heavy atom. The molecule has 0 aromatic heterocycles. The van der Waals surface area contributed by atoms with Crippen LogP contribution in [-0.4, -0.2) is 17.7 Å². The van der Waals surface area contributed by atoms with Crippen molar-refractivity contribution in [1.82, 2.24) is 0 Å². The first-order valence-electron chi connectivity index (χ1n) is 11.2. The summed E-state index contributed by atoms with van der Waals surface area (Å²) in [6.45, 7) is 3.85. The van der Waals surface area contributed by atoms with E-state index in [0.717, 1.165) is 21.7 Å². The third kappa shape index (κ3) is 4.29. The maximum Gasteiger partial charge on any atom is 0.266 e. The number of nitrogens with zero attached hydrogens (tertiary/aromatic N) is 1. The van der Waals surface area contributed by atoms with Crippen LogP contribution in [-0.2, 0) is 0 Å². The Kier molecular flexibility index (Phi) is 5.63. The summed E-state index contributed by atoms with van der Waals surface area (Å²) in [7, 11) is 0. The molecule has 0 radical (unpaired) electrons. The number of benzene rings is 4. The molecule has 0 atom stereocenters. The third-order valence-electron chi connectivity index (χ3n) is 5.91. The second kappa shape index (κ2) is 8.91. The van der Waals surface area contributed by atoms with Crippen molar-refractivity contribution in [2.24, 2.45) is 0 Å². The molecule has 0 bridgehead atoms. The minimum absolute atomic E-state index is 0.305. The Bertz CT molecular complexity index is 1460. The quantitative estimate of drug-likeness (QED) is 0.352. The van der Waals surface area contributed by atoms with Crippen LogP contribution in [0.15, 0.2) is 91.0 Å². The molecule has 0 spiro atoms. The number of imide groups is 1. The summed E-state index contributed by atoms with van der Waals surface area (Å²) in [6, 6.07) is 27.1. The van der Waals surface area contributed by atoms with E-state index in [2.05, 4.69) is 10.6 Å². The highest BCUT2D eigenvalue weighted by Crippen LogP contribution is 2.33. The van der Waals surface area contributed by atoms with Gasteiger partial charge in [-0.05, 0) is 68.4 Å². The van der Waals surface area contributed by atoms with Gasteiger partial charge in [-0.3, -0.25) is 14.4 Å². The molecule has 35 heavy (non-hydrogen) atoms. The number of rotatable bonds is 5. The summed E-state index contributed by atoms with van der Waals surface area (Å²) in [5.74, 6) is -1.16. The number of fused-ring (bicyclic) bond motifs is 1. The summed E-state index contributed by atoms with van der Waals surface area (Å²) in [5, 5.41) is 6.17. The second-order valence-corrected chi connectivity index (χ2v) is 8.54. The highest BCUT2D eigenvalue weighted by molar-refractivity contribution is 6.34. The Balaban J connectivity index is 1.54. The predicted octanol–water partition coefficient (Wildman–Crippen LogP) is 6.10. The van der Waals surface area contributed by atoms with E-state index >= 15 is 0 Å². The fourth-order valence-electron chi connectivity index (χ4n) is 4.07. The average Bonchev–Trinajstić information content (AvgIpc) is 3.10. The van der Waals surface area contributed by atoms with Gasteiger partial charge in [0.2, 0.25) is 0 Å². The minimum atomic E-state index is -0.404. The van der Waals surface area contributed by atoms with Crippen molar-refractivity contribution in [2.45, 2.75) is 13.8 Å². The number of hydrogen-bond donors (Lipinski definition) is 2. The number of hydrogen-bond acceptors (Lipinski definition) is 4. The summed E-state index contributed by atoms with van der Waals surface area (Å²) in [5.41, 5.74) is 5.35. The Labute approximate surface area is 203 Å². The molecule has 0 saturated heterocycles. The number of amides is 3. The molecule has 0 saturated carbocycles. The number of carbonyl (C=O) groups excluding carboxylic acids is 3. The van der Waals surface area contributed by atoms with Crippen LogP contribution in [0.4, 0.5) is 22.7 Å². The molecule has 0 fully saturated rings. The van der Waals surface area contributed by atoms with Crippen molar-refractivity contribution in [3.8, 4) is 0 Å². The fraction of sp³-hybridized carbons (Fsp3) is 0.0690. The van der Waals surface area contributed by atoms with Crippen molar-refractivity contribution < 1.29 is 14.4 Å². The molecule has 4 aromatic carbocycles. The lowest BCUT2D eigenvalue weighted by atomic mass is 10.1. The monoisotopic (exact) mass is 461 g/mol. The van der Waals surface area contributed by atoms with Gasteiger partial charge in [0.25, 0.3) is 17.7 Å². The standard InChI is InChI=1S/C29H23N3O3/c1-18-8-11-21(12-9-18)31-27(33)25-17-22(13-15-26(25)30-20-6-4-3-5-7-20)32-28(34)23-14-10-19(2)16-24(23)29(32)35/h3-17,30H,1-2H3,(H,31,33). The molecule has 1 aliphatic rings. The zero-order chi connectivity index (χ0) is 24.5. The number of aryl methyl sites for hydroxylation is 2. The average molecular weight is 462 g/mol. The summed E-state index contributed by atoms with van der Waals surface area (Å²) in [6.07, 6.45) is 0. The summed E-state index contributed by atoms with van der Waals surface area (Å²) < 4.78 is 0. The van der Waals surface area contributed by atoms with Gasteiger partial charge in [-0.2, -0.15) is 0 Å². The molecule has 0 unspecified atom stereocenters. The largest absolute Gasteiger partial charge is 0.355 e. The van der Waals surface area contributed by atoms with Crippen LogP contribution < -0.4 is 15.5 Å². The maximum atomic E-state index is 13.4. The molecule has 2 N–H and O–H groups in total. The van der Waals surface area contributed by atoms with Crippen molar-refractivity contribution in [3.05, 3.63) is 119 Å². The predicted molar refractivity (Wildman–Crippen MR) is 138 cm³/mol. The highest BCUT2D eigenvalue weighted by atomic mass is 16.2. The van der Waals surface area contributed by atoms with Crippen LogP contribution in [0.25, 0.3) is 0 Å². The lowest BCUT2D eigenvalue weighted by molar-refractivity contribution is 0.0924. The number of anilines is 4. The normalized spacial score (nSPS) is 12.5. The van der Waals surface area contributed by atoms with E-state index in [4.69, 9.17) is 0 Å². The molecule has 1 aliphatic heterocycles. The lowest BCUT2D eigenvalue weighted by Gasteiger charge is -2.18. The van der Waals surface area contributed by atoms with Gasteiger partial charge in [-0.25, -0.2) is 4.90 Å². The van der Waals surface area contributed by atoms with Gasteiger partial charge in [0.1, 0.15) is 0 Å². The van der Waals surface area contributed by atoms with Gasteiger partial charge < -0.3 is 10.6 Å². The third-order valence-corrected chi connectivity index (χ3v) is 5.91. The van der Waals surface area contributed by atoms with Crippen LogP contribution in [0.1, 0.15) is 42.2 Å². The molecular weight excluding hydrogens is 438 g/mol. The summed E-state index contributed by atoms with van der Waals surface area (Å²) in [4.78, 5) is 40.7. The van der Waals surface area contributed by atoms with Crippen LogP contribution in [0.2, 0.25) is 0 Å². The molecule has 5 rings (SSSR count). The fourth-order valence-corrected chi connectivity index (χ4v) is 4.07. The van der Waals surface area contributed by atoms with Gasteiger partial charge in [0, 0.05) is 11.4 Å². The summed E-state index contributed by atoms with van der Waals surface area (Å²) >= 11 is 0. The molecule has 4 aromatic rings. The van der Waals surface area contributed by atoms with Crippen LogP contribution in [0, 0.1) is 13.8 Å². The van der Waals surface area contributed by atoms with Gasteiger partial charge in [-0.1, -0.05) is 47.5 Å². The molecule has 0 aliphatic carbocycles. The van der Waals surface area contributed by atoms with Crippen molar-refractivity contribution in [3.63, 3.8) is 0 Å². The lowest BCUT2D eigenvalue weighted by Crippen LogP contribution is -2.29. The van der Waals surface area contributed by atoms with Gasteiger partial charge in [-0.15, -0.1) is 0 Å². The van der Waals surface area contributed by atoms with Crippen LogP contribution >= 0.6 is 0 Å². The first kappa shape index (κ1) is 22.1. The maximum absolute atomic E-state index is 13.4. The molecule has 6 nitrogen and oxygen atoms in total. The topological polar surface area (TPSA) is 78.5 Å². The van der Waals surface area contributed by atoms with Crippen molar-refractivity contribution >= 4 is 40.5 Å². The first-order valence-corrected chi connectivity index (χ1v) is 11.2. The molecule has 6 heteroatoms. The van der Waals surface area contributed by atoms with Gasteiger partial charge in [0.05, 0.1) is 28.1 Å². The Morgan fingerprint density at radius 1 is 0.686 bits per heavy atom. The van der Waals surface area contributed by atoms with Gasteiger partial charge >= 0.3 is 0 Å². The zero-order valence-corrected chi connectivity index (χ0v) is 19.3. The van der Waals surface area contributed by atoms with Crippen LogP contribution in [0.3, 0.4) is 0 Å². The van der Waals surface area contributed by atoms with Crippen molar-refractivity contribution in [2.75, 3.05) is 15.5 Å². The number of carbonyl (C=O) groups is 3. The van der Waals surface area contributed by atoms with Gasteiger partial charge in [0.15, 0.2) is 0 Å². The Hall–Kier alpha value is -4.71. The Morgan fingerprint density at radius 2 is 1.37 bits per heavy atom. The number of nitrogens with one attached hydrogen (secondary N) is 2. The zero-order valence-electron chi connectivity index (χ0n) is 19.3. The highest BCUT2D eigenvalue weighted by Gasteiger charge is 2.37. The molecule has 3 amide bonds. The smallest absolute Gasteiger partial charge is 0.266 e. The van der Waals surface area contributed by atoms with E-state index in [1.807, 2.05) is 68.4 Å². The van der Waals surface area contributed by atoms with E-state index < -0.39 is 11.8 Å². The first-order chi connectivity index (χ1) is 16.9. The van der Waals surface area contributed by atoms with E-state index in [1.54, 1.807) is 36.4 Å². The molecule has 172 valence electrons. The number of para-hydroxylation sites is 1. The second-order valence-electron chi connectivity index (χ2n) is 8.54. The van der Waals surface area contributed by atoms with E-state index in [-0.39, 0.29) is 5.91 Å². The molecule has 1 heterocycles. The van der Waals surface area contributed by atoms with E-state index in [1.165, 1.54) is 0 Å². The van der Waals surface area contributed by atoms with E-state index in [0.29, 0.717) is 33.8 Å². The SMILES string of the molecule is Cc1ccc(NC(=O)c2cc(N3C(=O)c4ccc(C)cc4C3=O)ccc2Nc2ccccc2)cc1.